The fourth-order valence-electron chi connectivity index (χ4n) is 0.566. The third-order valence-electron chi connectivity index (χ3n) is 0.932. The average molecular weight is 301 g/mol. The summed E-state index contributed by atoms with van der Waals surface area (Å²) in [6.45, 7) is 3.40. The summed E-state index contributed by atoms with van der Waals surface area (Å²) in [5, 5.41) is 2.79. The summed E-state index contributed by atoms with van der Waals surface area (Å²) in [7, 11) is 0. The van der Waals surface area contributed by atoms with Crippen LogP contribution in [0.2, 0.25) is 0 Å². The largest absolute Gasteiger partial charge is 2.00 e. The Hall–Kier alpha value is -0.552. The van der Waals surface area contributed by atoms with Gasteiger partial charge in [0, 0.05) is 0 Å². The average Bonchev–Trinajstić information content (AvgIpc) is 1.91. The second-order valence-electron chi connectivity index (χ2n) is 1.58. The second-order valence-corrected chi connectivity index (χ2v) is 1.58. The standard InChI is InChI=1S/C8H7N.W/c1-2-9-8-6-4-3-5-7-8;/h3-6,9H,1H2;/q-2;+2. The van der Waals surface area contributed by atoms with Crippen LogP contribution >= 0.6 is 0 Å². The van der Waals surface area contributed by atoms with E-state index in [-0.39, 0.29) is 21.1 Å². The molecule has 10 heavy (non-hydrogen) atoms. The third kappa shape index (κ3) is 2.84. The van der Waals surface area contributed by atoms with E-state index in [4.69, 9.17) is 0 Å². The van der Waals surface area contributed by atoms with Crippen LogP contribution in [0.25, 0.3) is 0 Å². The predicted octanol–water partition coefficient (Wildman–Crippen LogP) is 1.84. The van der Waals surface area contributed by atoms with E-state index in [2.05, 4.69) is 24.2 Å². The van der Waals surface area contributed by atoms with Crippen molar-refractivity contribution in [3.8, 4) is 0 Å². The van der Waals surface area contributed by atoms with Crippen LogP contribution in [0.5, 0.6) is 0 Å². The Morgan fingerprint density at radius 2 is 2.30 bits per heavy atom. The van der Waals surface area contributed by atoms with Crippen LogP contribution in [-0.2, 0) is 21.1 Å². The summed E-state index contributed by atoms with van der Waals surface area (Å²) in [6, 6.07) is 10.5. The molecule has 0 aliphatic rings. The smallest absolute Gasteiger partial charge is 0.545 e. The van der Waals surface area contributed by atoms with Crippen molar-refractivity contribution in [2.24, 2.45) is 0 Å². The minimum atomic E-state index is 0. The zero-order valence-electron chi connectivity index (χ0n) is 5.42. The van der Waals surface area contributed by atoms with Crippen molar-refractivity contribution < 1.29 is 21.1 Å². The van der Waals surface area contributed by atoms with Crippen LogP contribution in [0.15, 0.2) is 30.8 Å². The molecule has 1 rings (SSSR count). The summed E-state index contributed by atoms with van der Waals surface area (Å²) in [6.07, 6.45) is 2.55. The molecule has 0 radical (unpaired) electrons. The fraction of sp³-hybridized carbons (Fsp3) is 0. The van der Waals surface area contributed by atoms with E-state index in [1.807, 2.05) is 24.3 Å². The normalized spacial score (nSPS) is 7.60. The van der Waals surface area contributed by atoms with Crippen molar-refractivity contribution in [3.63, 3.8) is 0 Å². The Kier molecular flexibility index (Phi) is 4.96. The van der Waals surface area contributed by atoms with Crippen LogP contribution in [0.1, 0.15) is 0 Å². The summed E-state index contributed by atoms with van der Waals surface area (Å²) >= 11 is 0. The molecule has 1 aromatic carbocycles. The molecule has 0 atom stereocenters. The van der Waals surface area contributed by atoms with Gasteiger partial charge in [0.2, 0.25) is 0 Å². The van der Waals surface area contributed by atoms with Gasteiger partial charge in [0.25, 0.3) is 0 Å². The molecular weight excluding hydrogens is 294 g/mol. The molecule has 0 aliphatic heterocycles. The summed E-state index contributed by atoms with van der Waals surface area (Å²) in [5.41, 5.74) is 0.896. The number of rotatable bonds is 2. The number of hydrogen-bond donors (Lipinski definition) is 1. The molecule has 50 valence electrons. The monoisotopic (exact) mass is 301 g/mol. The zero-order valence-corrected chi connectivity index (χ0v) is 8.36. The van der Waals surface area contributed by atoms with Crippen LogP contribution in [0, 0.1) is 12.3 Å². The van der Waals surface area contributed by atoms with Crippen LogP contribution < -0.4 is 5.32 Å². The zero-order chi connectivity index (χ0) is 6.53. The number of nitrogens with one attached hydrogen (secondary N) is 1. The molecule has 0 saturated carbocycles. The maximum Gasteiger partial charge on any atom is 2.00 e. The Morgan fingerprint density at radius 3 is 2.80 bits per heavy atom. The maximum atomic E-state index is 3.40. The Labute approximate surface area is 75.4 Å². The van der Waals surface area contributed by atoms with Crippen molar-refractivity contribution in [1.82, 2.24) is 0 Å². The van der Waals surface area contributed by atoms with Gasteiger partial charge in [0.15, 0.2) is 0 Å². The van der Waals surface area contributed by atoms with Gasteiger partial charge < -0.3 is 5.32 Å². The van der Waals surface area contributed by atoms with Gasteiger partial charge in [-0.1, -0.05) is 0 Å². The molecule has 0 unspecified atom stereocenters. The van der Waals surface area contributed by atoms with E-state index in [0.717, 1.165) is 5.69 Å². The van der Waals surface area contributed by atoms with E-state index in [1.165, 1.54) is 0 Å². The molecule has 0 amide bonds. The molecule has 0 fully saturated rings. The predicted molar refractivity (Wildman–Crippen MR) is 37.8 cm³/mol. The molecular formula is C8H7NW. The van der Waals surface area contributed by atoms with E-state index in [1.54, 1.807) is 0 Å². The summed E-state index contributed by atoms with van der Waals surface area (Å²) in [4.78, 5) is 0. The third-order valence-corrected chi connectivity index (χ3v) is 0.932. The van der Waals surface area contributed by atoms with E-state index in [0.29, 0.717) is 0 Å². The second kappa shape index (κ2) is 5.25. The molecule has 1 aromatic rings. The van der Waals surface area contributed by atoms with Gasteiger partial charge in [-0.15, -0.1) is 0 Å². The first kappa shape index (κ1) is 9.45. The van der Waals surface area contributed by atoms with Gasteiger partial charge in [0.05, 0.1) is 0 Å². The number of benzene rings is 1. The summed E-state index contributed by atoms with van der Waals surface area (Å²) in [5.74, 6) is 0. The first-order chi connectivity index (χ1) is 4.43. The van der Waals surface area contributed by atoms with Crippen molar-refractivity contribution in [3.05, 3.63) is 43.1 Å². The Bertz CT molecular complexity index is 184. The SMILES string of the molecule is C=[C-]Nc1[c-]cccc1.[W+2]. The molecule has 0 bridgehead atoms. The van der Waals surface area contributed by atoms with Crippen molar-refractivity contribution in [2.75, 3.05) is 5.32 Å². The number of anilines is 1. The van der Waals surface area contributed by atoms with Gasteiger partial charge in [-0.2, -0.15) is 31.0 Å². The molecule has 1 nitrogen and oxygen atoms in total. The van der Waals surface area contributed by atoms with Crippen molar-refractivity contribution in [1.29, 1.82) is 0 Å². The molecule has 0 aliphatic carbocycles. The van der Waals surface area contributed by atoms with E-state index in [9.17, 15) is 0 Å². The minimum Gasteiger partial charge on any atom is -0.545 e. The fourth-order valence-corrected chi connectivity index (χ4v) is 0.566. The van der Waals surface area contributed by atoms with E-state index >= 15 is 0 Å². The quantitative estimate of drug-likeness (QED) is 0.649. The molecule has 0 spiro atoms. The number of para-hydroxylation sites is 1. The van der Waals surface area contributed by atoms with Gasteiger partial charge in [-0.05, 0) is 0 Å². The Balaban J connectivity index is 0.000000810. The van der Waals surface area contributed by atoms with E-state index < -0.39 is 0 Å². The van der Waals surface area contributed by atoms with Gasteiger partial charge in [-0.25, -0.2) is 11.8 Å². The summed E-state index contributed by atoms with van der Waals surface area (Å²) < 4.78 is 0. The topological polar surface area (TPSA) is 12.0 Å². The molecule has 2 heteroatoms. The minimum absolute atomic E-state index is 0. The van der Waals surface area contributed by atoms with Crippen LogP contribution in [-0.4, -0.2) is 0 Å². The maximum absolute atomic E-state index is 3.40. The van der Waals surface area contributed by atoms with Crippen molar-refractivity contribution >= 4 is 5.69 Å². The van der Waals surface area contributed by atoms with Crippen LogP contribution in [0.3, 0.4) is 0 Å². The molecule has 1 N–H and O–H groups in total. The first-order valence-corrected chi connectivity index (χ1v) is 2.68. The molecule has 0 saturated heterocycles. The Morgan fingerprint density at radius 1 is 1.50 bits per heavy atom. The van der Waals surface area contributed by atoms with Crippen molar-refractivity contribution in [2.45, 2.75) is 0 Å². The molecule has 0 heterocycles. The first-order valence-electron chi connectivity index (χ1n) is 2.68. The van der Waals surface area contributed by atoms with Crippen LogP contribution in [0.4, 0.5) is 5.69 Å². The van der Waals surface area contributed by atoms with Gasteiger partial charge in [-0.3, -0.25) is 6.07 Å². The molecule has 0 aromatic heterocycles. The van der Waals surface area contributed by atoms with Gasteiger partial charge >= 0.3 is 21.1 Å². The van der Waals surface area contributed by atoms with Gasteiger partial charge in [0.1, 0.15) is 0 Å². The number of hydrogen-bond acceptors (Lipinski definition) is 1.